The van der Waals surface area contributed by atoms with Crippen LogP contribution in [-0.4, -0.2) is 22.5 Å². The second kappa shape index (κ2) is 3.93. The molecule has 2 aliphatic heterocycles. The van der Waals surface area contributed by atoms with Crippen LogP contribution in [0.2, 0.25) is 0 Å². The van der Waals surface area contributed by atoms with Gasteiger partial charge in [-0.2, -0.15) is 0 Å². The second-order valence-corrected chi connectivity index (χ2v) is 5.64. The highest BCUT2D eigenvalue weighted by Crippen LogP contribution is 2.48. The molecule has 0 unspecified atom stereocenters. The molecule has 2 heterocycles. The Labute approximate surface area is 117 Å². The van der Waals surface area contributed by atoms with Crippen molar-refractivity contribution in [2.45, 2.75) is 18.1 Å². The van der Waals surface area contributed by atoms with E-state index in [1.165, 1.54) is 0 Å². The zero-order valence-electron chi connectivity index (χ0n) is 11.0. The van der Waals surface area contributed by atoms with Crippen molar-refractivity contribution in [2.24, 2.45) is 0 Å². The van der Waals surface area contributed by atoms with Crippen LogP contribution >= 0.6 is 0 Å². The predicted octanol–water partition coefficient (Wildman–Crippen LogP) is 2.48. The molecule has 0 bridgehead atoms. The summed E-state index contributed by atoms with van der Waals surface area (Å²) in [5.41, 5.74) is 1.78. The van der Waals surface area contributed by atoms with Gasteiger partial charge in [0.2, 0.25) is 0 Å². The maximum atomic E-state index is 12.4. The van der Waals surface area contributed by atoms with Crippen molar-refractivity contribution < 1.29 is 9.90 Å². The van der Waals surface area contributed by atoms with Crippen LogP contribution in [0.15, 0.2) is 54.6 Å². The van der Waals surface area contributed by atoms with Crippen LogP contribution in [0.4, 0.5) is 0 Å². The third-order valence-electron chi connectivity index (χ3n) is 4.46. The van der Waals surface area contributed by atoms with Crippen LogP contribution in [0, 0.1) is 0 Å². The Bertz CT molecular complexity index is 682. The number of hydrogen-bond donors (Lipinski definition) is 1. The Kier molecular flexibility index (Phi) is 2.30. The Hall–Kier alpha value is -2.13. The average molecular weight is 265 g/mol. The minimum absolute atomic E-state index is 0.00362. The van der Waals surface area contributed by atoms with E-state index >= 15 is 0 Å². The van der Waals surface area contributed by atoms with E-state index in [0.717, 1.165) is 16.7 Å². The van der Waals surface area contributed by atoms with E-state index < -0.39 is 5.60 Å². The number of hydrogen-bond acceptors (Lipinski definition) is 2. The molecule has 20 heavy (non-hydrogen) atoms. The molecule has 2 atom stereocenters. The summed E-state index contributed by atoms with van der Waals surface area (Å²) in [6, 6.07) is 17.4. The van der Waals surface area contributed by atoms with E-state index in [4.69, 9.17) is 0 Å². The van der Waals surface area contributed by atoms with Gasteiger partial charge in [-0.1, -0.05) is 48.5 Å². The van der Waals surface area contributed by atoms with Crippen LogP contribution in [0.25, 0.3) is 0 Å². The first-order chi connectivity index (χ1) is 9.69. The summed E-state index contributed by atoms with van der Waals surface area (Å²) in [6.45, 7) is 0.370. The lowest BCUT2D eigenvalue weighted by atomic mass is 9.88. The topological polar surface area (TPSA) is 40.5 Å². The van der Waals surface area contributed by atoms with E-state index in [2.05, 4.69) is 0 Å². The lowest BCUT2D eigenvalue weighted by molar-refractivity contribution is 0.0417. The molecule has 1 saturated heterocycles. The van der Waals surface area contributed by atoms with Crippen LogP contribution < -0.4 is 0 Å². The smallest absolute Gasteiger partial charge is 0.254 e. The molecule has 1 N–H and O–H groups in total. The molecule has 0 spiro atoms. The maximum absolute atomic E-state index is 12.4. The number of amides is 1. The van der Waals surface area contributed by atoms with Crippen molar-refractivity contribution in [3.63, 3.8) is 0 Å². The van der Waals surface area contributed by atoms with Crippen molar-refractivity contribution in [1.82, 2.24) is 4.90 Å². The number of aliphatic hydroxyl groups is 1. The van der Waals surface area contributed by atoms with E-state index in [9.17, 15) is 9.90 Å². The summed E-state index contributed by atoms with van der Waals surface area (Å²) < 4.78 is 0. The molecule has 3 nitrogen and oxygen atoms in total. The van der Waals surface area contributed by atoms with Gasteiger partial charge in [0.15, 0.2) is 0 Å². The van der Waals surface area contributed by atoms with Crippen molar-refractivity contribution >= 4 is 5.91 Å². The van der Waals surface area contributed by atoms with E-state index in [1.807, 2.05) is 54.6 Å². The Balaban J connectivity index is 1.75. The zero-order valence-corrected chi connectivity index (χ0v) is 11.0. The molecule has 1 amide bonds. The Morgan fingerprint density at radius 2 is 1.75 bits per heavy atom. The monoisotopic (exact) mass is 265 g/mol. The van der Waals surface area contributed by atoms with Crippen LogP contribution in [0.5, 0.6) is 0 Å². The lowest BCUT2D eigenvalue weighted by Crippen LogP contribution is -2.32. The van der Waals surface area contributed by atoms with E-state index in [1.54, 1.807) is 4.90 Å². The molecule has 0 aliphatic carbocycles. The van der Waals surface area contributed by atoms with Crippen molar-refractivity contribution in [1.29, 1.82) is 0 Å². The van der Waals surface area contributed by atoms with E-state index in [0.29, 0.717) is 13.0 Å². The molecule has 3 heteroatoms. The molecular weight excluding hydrogens is 250 g/mol. The van der Waals surface area contributed by atoms with Gasteiger partial charge in [-0.15, -0.1) is 0 Å². The first-order valence-corrected chi connectivity index (χ1v) is 6.87. The second-order valence-electron chi connectivity index (χ2n) is 5.64. The minimum atomic E-state index is -0.935. The molecule has 0 saturated carbocycles. The quantitative estimate of drug-likeness (QED) is 0.860. The first-order valence-electron chi connectivity index (χ1n) is 6.87. The fourth-order valence-electron chi connectivity index (χ4n) is 3.47. The van der Waals surface area contributed by atoms with Crippen LogP contribution in [-0.2, 0) is 5.60 Å². The van der Waals surface area contributed by atoms with E-state index in [-0.39, 0.29) is 11.9 Å². The highest BCUT2D eigenvalue weighted by atomic mass is 16.3. The van der Waals surface area contributed by atoms with Gasteiger partial charge in [0.05, 0.1) is 12.6 Å². The SMILES string of the molecule is O=C1c2ccccc2[C@H]2C[C@@](O)(c3ccccc3)CN12. The molecule has 2 aromatic rings. The third-order valence-corrected chi connectivity index (χ3v) is 4.46. The Morgan fingerprint density at radius 1 is 1.05 bits per heavy atom. The number of nitrogens with zero attached hydrogens (tertiary/aromatic N) is 1. The summed E-state index contributed by atoms with van der Waals surface area (Å²) in [5, 5.41) is 10.9. The molecule has 2 aromatic carbocycles. The summed E-state index contributed by atoms with van der Waals surface area (Å²) >= 11 is 0. The van der Waals surface area contributed by atoms with Gasteiger partial charge in [0, 0.05) is 12.0 Å². The maximum Gasteiger partial charge on any atom is 0.254 e. The zero-order chi connectivity index (χ0) is 13.7. The molecule has 0 radical (unpaired) electrons. The van der Waals surface area contributed by atoms with Gasteiger partial charge in [-0.05, 0) is 17.2 Å². The number of carbonyl (C=O) groups excluding carboxylic acids is 1. The van der Waals surface area contributed by atoms with Gasteiger partial charge in [-0.25, -0.2) is 0 Å². The van der Waals surface area contributed by atoms with Gasteiger partial charge in [-0.3, -0.25) is 4.79 Å². The normalized spacial score (nSPS) is 27.6. The lowest BCUT2D eigenvalue weighted by Gasteiger charge is -2.23. The summed E-state index contributed by atoms with van der Waals surface area (Å²) in [7, 11) is 0. The number of benzene rings is 2. The molecule has 4 rings (SSSR count). The molecular formula is C17H15NO2. The number of rotatable bonds is 1. The molecule has 2 aliphatic rings. The fraction of sp³-hybridized carbons (Fsp3) is 0.235. The highest BCUT2D eigenvalue weighted by Gasteiger charge is 2.50. The largest absolute Gasteiger partial charge is 0.383 e. The standard InChI is InChI=1S/C17H15NO2/c19-16-14-9-5-4-8-13(14)15-10-17(20,11-18(15)16)12-6-2-1-3-7-12/h1-9,15,20H,10-11H2/t15-,17+/m1/s1. The fourth-order valence-corrected chi connectivity index (χ4v) is 3.47. The Morgan fingerprint density at radius 3 is 2.55 bits per heavy atom. The first kappa shape index (κ1) is 11.7. The number of fused-ring (bicyclic) bond motifs is 3. The summed E-state index contributed by atoms with van der Waals surface area (Å²) in [4.78, 5) is 14.2. The highest BCUT2D eigenvalue weighted by molar-refractivity contribution is 5.99. The van der Waals surface area contributed by atoms with Crippen LogP contribution in [0.3, 0.4) is 0 Å². The predicted molar refractivity (Wildman–Crippen MR) is 75.2 cm³/mol. The van der Waals surface area contributed by atoms with Gasteiger partial charge in [0.25, 0.3) is 5.91 Å². The average Bonchev–Trinajstić information content (AvgIpc) is 2.97. The number of carbonyl (C=O) groups is 1. The minimum Gasteiger partial charge on any atom is -0.383 e. The molecule has 0 aromatic heterocycles. The third kappa shape index (κ3) is 1.47. The van der Waals surface area contributed by atoms with Gasteiger partial charge < -0.3 is 10.0 Å². The van der Waals surface area contributed by atoms with Crippen LogP contribution in [0.1, 0.15) is 33.9 Å². The van der Waals surface area contributed by atoms with Gasteiger partial charge >= 0.3 is 0 Å². The van der Waals surface area contributed by atoms with Crippen molar-refractivity contribution in [2.75, 3.05) is 6.54 Å². The van der Waals surface area contributed by atoms with Crippen molar-refractivity contribution in [3.05, 3.63) is 71.3 Å². The van der Waals surface area contributed by atoms with Crippen molar-refractivity contribution in [3.8, 4) is 0 Å². The molecule has 100 valence electrons. The molecule has 1 fully saturated rings. The summed E-state index contributed by atoms with van der Waals surface area (Å²) in [6.07, 6.45) is 0.569. The summed E-state index contributed by atoms with van der Waals surface area (Å²) in [5.74, 6) is 0.0393. The van der Waals surface area contributed by atoms with Gasteiger partial charge in [0.1, 0.15) is 5.60 Å².